The molecule has 2 nitrogen and oxygen atoms in total. The van der Waals surface area contributed by atoms with Gasteiger partial charge in [0.15, 0.2) is 0 Å². The van der Waals surface area contributed by atoms with Crippen molar-refractivity contribution in [3.63, 3.8) is 0 Å². The van der Waals surface area contributed by atoms with E-state index in [0.29, 0.717) is 16.3 Å². The molecule has 2 rings (SSSR count). The lowest BCUT2D eigenvalue weighted by Gasteiger charge is -2.06. The Kier molecular flexibility index (Phi) is 4.39. The summed E-state index contributed by atoms with van der Waals surface area (Å²) in [6.07, 6.45) is 0. The van der Waals surface area contributed by atoms with E-state index >= 15 is 0 Å². The molecule has 0 aromatic heterocycles. The van der Waals surface area contributed by atoms with Gasteiger partial charge in [0.25, 0.3) is 5.91 Å². The molecule has 1 N–H and O–H groups in total. The second-order valence-corrected chi connectivity index (χ2v) is 4.79. The molecule has 0 aliphatic rings. The average molecular weight is 325 g/mol. The van der Waals surface area contributed by atoms with Crippen LogP contribution in [0.1, 0.15) is 15.9 Å². The molecule has 18 heavy (non-hydrogen) atoms. The molecule has 0 aliphatic heterocycles. The fraction of sp³-hybridized carbons (Fsp3) is 0.0714. The SMILES string of the molecule is O=C(Nc1cccc(Cl)c1)c1ccc(CBr)cc1. The molecule has 0 unspecified atom stereocenters. The van der Waals surface area contributed by atoms with Gasteiger partial charge in [0.2, 0.25) is 0 Å². The minimum atomic E-state index is -0.140. The van der Waals surface area contributed by atoms with E-state index in [1.54, 1.807) is 36.4 Å². The highest BCUT2D eigenvalue weighted by Crippen LogP contribution is 2.16. The number of anilines is 1. The molecule has 0 saturated carbocycles. The van der Waals surface area contributed by atoms with Gasteiger partial charge in [-0.3, -0.25) is 4.79 Å². The summed E-state index contributed by atoms with van der Waals surface area (Å²) in [5.74, 6) is -0.140. The number of halogens is 2. The van der Waals surface area contributed by atoms with Crippen molar-refractivity contribution in [1.29, 1.82) is 0 Å². The van der Waals surface area contributed by atoms with Crippen LogP contribution in [0.2, 0.25) is 5.02 Å². The molecular formula is C14H11BrClNO. The maximum Gasteiger partial charge on any atom is 0.255 e. The second-order valence-electron chi connectivity index (χ2n) is 3.80. The summed E-state index contributed by atoms with van der Waals surface area (Å²) < 4.78 is 0. The van der Waals surface area contributed by atoms with Crippen molar-refractivity contribution in [2.45, 2.75) is 5.33 Å². The lowest BCUT2D eigenvalue weighted by molar-refractivity contribution is 0.102. The fourth-order valence-electron chi connectivity index (χ4n) is 1.51. The zero-order valence-corrected chi connectivity index (χ0v) is 11.8. The predicted molar refractivity (Wildman–Crippen MR) is 78.5 cm³/mol. The molecule has 2 aromatic carbocycles. The summed E-state index contributed by atoms with van der Waals surface area (Å²) in [7, 11) is 0. The number of hydrogen-bond donors (Lipinski definition) is 1. The molecule has 0 radical (unpaired) electrons. The van der Waals surface area contributed by atoms with Gasteiger partial charge in [0.05, 0.1) is 0 Å². The van der Waals surface area contributed by atoms with Crippen LogP contribution in [0.5, 0.6) is 0 Å². The third-order valence-electron chi connectivity index (χ3n) is 2.45. The monoisotopic (exact) mass is 323 g/mol. The maximum atomic E-state index is 12.0. The number of hydrogen-bond acceptors (Lipinski definition) is 1. The number of alkyl halides is 1. The molecule has 0 saturated heterocycles. The fourth-order valence-corrected chi connectivity index (χ4v) is 2.08. The molecule has 1 amide bonds. The standard InChI is InChI=1S/C14H11BrClNO/c15-9-10-4-6-11(7-5-10)14(18)17-13-3-1-2-12(16)8-13/h1-8H,9H2,(H,17,18). The Bertz CT molecular complexity index is 554. The van der Waals surface area contributed by atoms with E-state index in [2.05, 4.69) is 21.2 Å². The predicted octanol–water partition coefficient (Wildman–Crippen LogP) is 4.49. The number of rotatable bonds is 3. The zero-order chi connectivity index (χ0) is 13.0. The van der Waals surface area contributed by atoms with E-state index in [9.17, 15) is 4.79 Å². The Morgan fingerprint density at radius 1 is 1.17 bits per heavy atom. The van der Waals surface area contributed by atoms with Gasteiger partial charge in [-0.1, -0.05) is 45.7 Å². The van der Waals surface area contributed by atoms with Crippen LogP contribution < -0.4 is 5.32 Å². The lowest BCUT2D eigenvalue weighted by Crippen LogP contribution is -2.11. The third-order valence-corrected chi connectivity index (χ3v) is 3.34. The van der Waals surface area contributed by atoms with Crippen LogP contribution >= 0.6 is 27.5 Å². The summed E-state index contributed by atoms with van der Waals surface area (Å²) >= 11 is 9.22. The van der Waals surface area contributed by atoms with Gasteiger partial charge in [-0.2, -0.15) is 0 Å². The number of benzene rings is 2. The topological polar surface area (TPSA) is 29.1 Å². The number of carbonyl (C=O) groups is 1. The molecule has 4 heteroatoms. The summed E-state index contributed by atoms with van der Waals surface area (Å²) in [4.78, 5) is 12.0. The first-order valence-electron chi connectivity index (χ1n) is 5.41. The van der Waals surface area contributed by atoms with Gasteiger partial charge in [-0.05, 0) is 35.9 Å². The number of carbonyl (C=O) groups excluding carboxylic acids is 1. The summed E-state index contributed by atoms with van der Waals surface area (Å²) in [6, 6.07) is 14.5. The van der Waals surface area contributed by atoms with Gasteiger partial charge in [0, 0.05) is 21.6 Å². The highest BCUT2D eigenvalue weighted by molar-refractivity contribution is 9.08. The van der Waals surface area contributed by atoms with E-state index < -0.39 is 0 Å². The molecule has 0 aliphatic carbocycles. The Morgan fingerprint density at radius 3 is 2.50 bits per heavy atom. The average Bonchev–Trinajstić information content (AvgIpc) is 2.39. The molecular weight excluding hydrogens is 314 g/mol. The first-order valence-corrected chi connectivity index (χ1v) is 6.91. The van der Waals surface area contributed by atoms with Crippen molar-refractivity contribution in [3.05, 3.63) is 64.7 Å². The summed E-state index contributed by atoms with van der Waals surface area (Å²) in [5, 5.41) is 4.18. The van der Waals surface area contributed by atoms with Crippen LogP contribution in [0.15, 0.2) is 48.5 Å². The van der Waals surface area contributed by atoms with Crippen LogP contribution in [0.25, 0.3) is 0 Å². The molecule has 0 heterocycles. The Hall–Kier alpha value is -1.32. The maximum absolute atomic E-state index is 12.0. The minimum absolute atomic E-state index is 0.140. The Morgan fingerprint density at radius 2 is 1.89 bits per heavy atom. The molecule has 0 atom stereocenters. The van der Waals surface area contributed by atoms with E-state index in [4.69, 9.17) is 11.6 Å². The van der Waals surface area contributed by atoms with Crippen molar-refractivity contribution in [2.75, 3.05) is 5.32 Å². The van der Waals surface area contributed by atoms with Gasteiger partial charge >= 0.3 is 0 Å². The summed E-state index contributed by atoms with van der Waals surface area (Å²) in [5.41, 5.74) is 2.45. The molecule has 0 fully saturated rings. The molecule has 0 bridgehead atoms. The minimum Gasteiger partial charge on any atom is -0.322 e. The van der Waals surface area contributed by atoms with E-state index in [-0.39, 0.29) is 5.91 Å². The van der Waals surface area contributed by atoms with Crippen molar-refractivity contribution in [2.24, 2.45) is 0 Å². The van der Waals surface area contributed by atoms with Gasteiger partial charge in [-0.15, -0.1) is 0 Å². The van der Waals surface area contributed by atoms with E-state index in [1.165, 1.54) is 0 Å². The quantitative estimate of drug-likeness (QED) is 0.828. The van der Waals surface area contributed by atoms with Gasteiger partial charge in [-0.25, -0.2) is 0 Å². The van der Waals surface area contributed by atoms with Crippen molar-refractivity contribution >= 4 is 39.1 Å². The van der Waals surface area contributed by atoms with Crippen molar-refractivity contribution < 1.29 is 4.79 Å². The first-order chi connectivity index (χ1) is 8.69. The van der Waals surface area contributed by atoms with Crippen LogP contribution in [0.3, 0.4) is 0 Å². The third kappa shape index (κ3) is 3.34. The second kappa shape index (κ2) is 6.03. The summed E-state index contributed by atoms with van der Waals surface area (Å²) in [6.45, 7) is 0. The Balaban J connectivity index is 2.11. The molecule has 92 valence electrons. The highest BCUT2D eigenvalue weighted by atomic mass is 79.9. The normalized spacial score (nSPS) is 10.1. The van der Waals surface area contributed by atoms with Gasteiger partial charge < -0.3 is 5.32 Å². The van der Waals surface area contributed by atoms with Gasteiger partial charge in [0.1, 0.15) is 0 Å². The molecule has 0 spiro atoms. The smallest absolute Gasteiger partial charge is 0.255 e. The van der Waals surface area contributed by atoms with E-state index in [0.717, 1.165) is 10.9 Å². The molecule has 2 aromatic rings. The largest absolute Gasteiger partial charge is 0.322 e. The van der Waals surface area contributed by atoms with Crippen LogP contribution in [0, 0.1) is 0 Å². The zero-order valence-electron chi connectivity index (χ0n) is 9.49. The van der Waals surface area contributed by atoms with Crippen LogP contribution in [-0.2, 0) is 5.33 Å². The number of nitrogens with one attached hydrogen (secondary N) is 1. The van der Waals surface area contributed by atoms with Crippen LogP contribution in [0.4, 0.5) is 5.69 Å². The van der Waals surface area contributed by atoms with Crippen LogP contribution in [-0.4, -0.2) is 5.91 Å². The van der Waals surface area contributed by atoms with E-state index in [1.807, 2.05) is 12.1 Å². The number of amides is 1. The highest BCUT2D eigenvalue weighted by Gasteiger charge is 2.05. The first kappa shape index (κ1) is 13.1. The lowest BCUT2D eigenvalue weighted by atomic mass is 10.1. The van der Waals surface area contributed by atoms with Crippen molar-refractivity contribution in [3.8, 4) is 0 Å². The van der Waals surface area contributed by atoms with Crippen molar-refractivity contribution in [1.82, 2.24) is 0 Å². The Labute approximate surface area is 119 Å².